The Morgan fingerprint density at radius 2 is 1.88 bits per heavy atom. The van der Waals surface area contributed by atoms with Crippen LogP contribution in [-0.2, 0) is 13.1 Å². The predicted octanol–water partition coefficient (Wildman–Crippen LogP) is 3.55. The minimum Gasteiger partial charge on any atom is -0.486 e. The van der Waals surface area contributed by atoms with E-state index >= 15 is 0 Å². The van der Waals surface area contributed by atoms with Crippen molar-refractivity contribution in [3.63, 3.8) is 0 Å². The molecule has 2 aromatic carbocycles. The maximum absolute atomic E-state index is 5.68. The van der Waals surface area contributed by atoms with Crippen molar-refractivity contribution >= 4 is 0 Å². The minimum absolute atomic E-state index is 0.223. The molecule has 5 heteroatoms. The number of benzene rings is 2. The molecule has 0 saturated heterocycles. The Morgan fingerprint density at radius 3 is 2.73 bits per heavy atom. The van der Waals surface area contributed by atoms with Crippen molar-refractivity contribution in [2.24, 2.45) is 0 Å². The highest BCUT2D eigenvalue weighted by Gasteiger charge is 2.14. The van der Waals surface area contributed by atoms with Crippen molar-refractivity contribution in [2.45, 2.75) is 26.1 Å². The molecular formula is C21H23N3O2. The number of aromatic nitrogens is 2. The zero-order chi connectivity index (χ0) is 17.8. The third-order valence-corrected chi connectivity index (χ3v) is 4.57. The lowest BCUT2D eigenvalue weighted by Crippen LogP contribution is -2.19. The molecule has 0 fully saturated rings. The van der Waals surface area contributed by atoms with E-state index in [1.54, 1.807) is 6.20 Å². The molecule has 2 heterocycles. The first-order chi connectivity index (χ1) is 12.8. The van der Waals surface area contributed by atoms with Gasteiger partial charge >= 0.3 is 0 Å². The summed E-state index contributed by atoms with van der Waals surface area (Å²) in [7, 11) is 0. The Morgan fingerprint density at radius 1 is 1.04 bits per heavy atom. The number of nitrogens with zero attached hydrogens (tertiary/aromatic N) is 2. The molecule has 1 aromatic heterocycles. The van der Waals surface area contributed by atoms with E-state index in [0.717, 1.165) is 24.6 Å². The van der Waals surface area contributed by atoms with E-state index in [2.05, 4.69) is 53.7 Å². The molecule has 3 aromatic rings. The highest BCUT2D eigenvalue weighted by atomic mass is 16.6. The highest BCUT2D eigenvalue weighted by molar-refractivity contribution is 5.44. The average Bonchev–Trinajstić information content (AvgIpc) is 3.19. The molecule has 0 amide bonds. The number of ether oxygens (including phenoxy) is 2. The minimum atomic E-state index is 0.223. The van der Waals surface area contributed by atoms with E-state index in [1.807, 2.05) is 23.0 Å². The maximum atomic E-state index is 5.68. The summed E-state index contributed by atoms with van der Waals surface area (Å²) in [5.74, 6) is 1.67. The number of fused-ring (bicyclic) bond motifs is 1. The zero-order valence-electron chi connectivity index (χ0n) is 14.9. The molecular weight excluding hydrogens is 326 g/mol. The lowest BCUT2D eigenvalue weighted by molar-refractivity contribution is 0.171. The molecule has 0 bridgehead atoms. The van der Waals surface area contributed by atoms with Gasteiger partial charge in [0.2, 0.25) is 0 Å². The lowest BCUT2D eigenvalue weighted by Gasteiger charge is -2.21. The lowest BCUT2D eigenvalue weighted by atomic mass is 10.1. The summed E-state index contributed by atoms with van der Waals surface area (Å²) in [6.45, 7) is 5.00. The van der Waals surface area contributed by atoms with Crippen LogP contribution < -0.4 is 14.8 Å². The van der Waals surface area contributed by atoms with Crippen molar-refractivity contribution < 1.29 is 9.47 Å². The third kappa shape index (κ3) is 3.89. The van der Waals surface area contributed by atoms with Gasteiger partial charge in [0.25, 0.3) is 0 Å². The number of rotatable bonds is 6. The van der Waals surface area contributed by atoms with Gasteiger partial charge in [0, 0.05) is 25.0 Å². The number of nitrogens with one attached hydrogen (secondary N) is 1. The Balaban J connectivity index is 1.39. The van der Waals surface area contributed by atoms with Gasteiger partial charge in [-0.25, -0.2) is 0 Å². The fourth-order valence-electron chi connectivity index (χ4n) is 3.14. The fraction of sp³-hybridized carbons (Fsp3) is 0.286. The number of hydrogen-bond acceptors (Lipinski definition) is 4. The van der Waals surface area contributed by atoms with Crippen LogP contribution in [0.2, 0.25) is 0 Å². The van der Waals surface area contributed by atoms with Crippen LogP contribution in [0.15, 0.2) is 60.9 Å². The molecule has 0 aliphatic carbocycles. The molecule has 26 heavy (non-hydrogen) atoms. The van der Waals surface area contributed by atoms with Gasteiger partial charge in [0.05, 0.1) is 6.54 Å². The summed E-state index contributed by atoms with van der Waals surface area (Å²) >= 11 is 0. The van der Waals surface area contributed by atoms with Crippen LogP contribution in [0.4, 0.5) is 0 Å². The maximum Gasteiger partial charge on any atom is 0.161 e. The van der Waals surface area contributed by atoms with Crippen molar-refractivity contribution in [2.75, 3.05) is 13.2 Å². The largest absolute Gasteiger partial charge is 0.486 e. The van der Waals surface area contributed by atoms with E-state index < -0.39 is 0 Å². The van der Waals surface area contributed by atoms with E-state index in [9.17, 15) is 0 Å². The van der Waals surface area contributed by atoms with Gasteiger partial charge in [-0.1, -0.05) is 30.3 Å². The van der Waals surface area contributed by atoms with Gasteiger partial charge in [-0.2, -0.15) is 5.10 Å². The van der Waals surface area contributed by atoms with E-state index in [1.165, 1.54) is 16.7 Å². The van der Waals surface area contributed by atoms with Crippen LogP contribution in [0.1, 0.15) is 29.7 Å². The van der Waals surface area contributed by atoms with E-state index in [4.69, 9.17) is 9.47 Å². The zero-order valence-corrected chi connectivity index (χ0v) is 14.9. The highest BCUT2D eigenvalue weighted by Crippen LogP contribution is 2.32. The van der Waals surface area contributed by atoms with Gasteiger partial charge in [0.15, 0.2) is 11.5 Å². The first-order valence-corrected chi connectivity index (χ1v) is 8.96. The molecule has 0 radical (unpaired) electrons. The quantitative estimate of drug-likeness (QED) is 0.739. The van der Waals surface area contributed by atoms with Gasteiger partial charge in [-0.15, -0.1) is 0 Å². The van der Waals surface area contributed by atoms with E-state index in [0.29, 0.717) is 13.2 Å². The van der Waals surface area contributed by atoms with Crippen molar-refractivity contribution in [3.8, 4) is 11.5 Å². The Hall–Kier alpha value is -2.79. The molecule has 5 nitrogen and oxygen atoms in total. The van der Waals surface area contributed by atoms with Crippen LogP contribution >= 0.6 is 0 Å². The summed E-state index contributed by atoms with van der Waals surface area (Å²) in [5, 5.41) is 7.86. The molecule has 0 spiro atoms. The smallest absolute Gasteiger partial charge is 0.161 e. The molecule has 1 atom stereocenters. The molecule has 4 rings (SSSR count). The molecule has 1 aliphatic heterocycles. The summed E-state index contributed by atoms with van der Waals surface area (Å²) in [6, 6.07) is 16.9. The third-order valence-electron chi connectivity index (χ3n) is 4.57. The second-order valence-electron chi connectivity index (χ2n) is 6.53. The summed E-state index contributed by atoms with van der Waals surface area (Å²) in [5.41, 5.74) is 3.71. The summed E-state index contributed by atoms with van der Waals surface area (Å²) in [4.78, 5) is 0. The molecule has 1 aliphatic rings. The van der Waals surface area contributed by atoms with Gasteiger partial charge in [-0.05, 0) is 41.8 Å². The average molecular weight is 349 g/mol. The van der Waals surface area contributed by atoms with Crippen LogP contribution in [0.5, 0.6) is 11.5 Å². The van der Waals surface area contributed by atoms with Gasteiger partial charge < -0.3 is 14.8 Å². The Bertz CT molecular complexity index is 861. The molecule has 0 unspecified atom stereocenters. The SMILES string of the molecule is C[C@@H](NCc1cccc(Cn2cccn2)c1)c1ccc2c(c1)OCCO2. The predicted molar refractivity (Wildman–Crippen MR) is 100 cm³/mol. The van der Waals surface area contributed by atoms with Crippen LogP contribution in [0.25, 0.3) is 0 Å². The van der Waals surface area contributed by atoms with Crippen molar-refractivity contribution in [1.82, 2.24) is 15.1 Å². The normalized spacial score (nSPS) is 14.2. The van der Waals surface area contributed by atoms with Crippen LogP contribution in [-0.4, -0.2) is 23.0 Å². The van der Waals surface area contributed by atoms with Crippen molar-refractivity contribution in [3.05, 3.63) is 77.6 Å². The first kappa shape index (κ1) is 16.7. The standard InChI is InChI=1S/C21H23N3O2/c1-16(19-6-7-20-21(13-19)26-11-10-25-20)22-14-17-4-2-5-18(12-17)15-24-9-3-8-23-24/h2-9,12-13,16,22H,10-11,14-15H2,1H3/t16-/m1/s1. The fourth-order valence-corrected chi connectivity index (χ4v) is 3.14. The monoisotopic (exact) mass is 349 g/mol. The summed E-state index contributed by atoms with van der Waals surface area (Å²) in [6.07, 6.45) is 3.79. The van der Waals surface area contributed by atoms with Gasteiger partial charge in [-0.3, -0.25) is 4.68 Å². The first-order valence-electron chi connectivity index (χ1n) is 8.96. The molecule has 134 valence electrons. The van der Waals surface area contributed by atoms with E-state index in [-0.39, 0.29) is 6.04 Å². The Labute approximate surface area is 153 Å². The van der Waals surface area contributed by atoms with Crippen molar-refractivity contribution in [1.29, 1.82) is 0 Å². The van der Waals surface area contributed by atoms with Crippen LogP contribution in [0.3, 0.4) is 0 Å². The Kier molecular flexibility index (Phi) is 4.88. The topological polar surface area (TPSA) is 48.3 Å². The van der Waals surface area contributed by atoms with Gasteiger partial charge in [0.1, 0.15) is 13.2 Å². The summed E-state index contributed by atoms with van der Waals surface area (Å²) < 4.78 is 13.2. The second-order valence-corrected chi connectivity index (χ2v) is 6.53. The van der Waals surface area contributed by atoms with Crippen LogP contribution in [0, 0.1) is 0 Å². The second kappa shape index (κ2) is 7.62. The number of hydrogen-bond donors (Lipinski definition) is 1. The molecule has 0 saturated carbocycles. The molecule has 1 N–H and O–H groups in total.